The van der Waals surface area contributed by atoms with Crippen molar-refractivity contribution in [2.24, 2.45) is 5.92 Å². The molecule has 1 rings (SSSR count). The molecule has 0 aliphatic carbocycles. The third-order valence-electron chi connectivity index (χ3n) is 2.37. The predicted molar refractivity (Wildman–Crippen MR) is 52.9 cm³/mol. The van der Waals surface area contributed by atoms with E-state index >= 15 is 0 Å². The first-order chi connectivity index (χ1) is 6.79. The summed E-state index contributed by atoms with van der Waals surface area (Å²) in [5.41, 5.74) is 0. The summed E-state index contributed by atoms with van der Waals surface area (Å²) < 4.78 is 9.97. The van der Waals surface area contributed by atoms with Crippen LogP contribution in [0.15, 0.2) is 12.7 Å². The van der Waals surface area contributed by atoms with Crippen LogP contribution in [0, 0.1) is 5.92 Å². The van der Waals surface area contributed by atoms with Gasteiger partial charge in [-0.05, 0) is 6.42 Å². The molecule has 0 bridgehead atoms. The van der Waals surface area contributed by atoms with E-state index in [0.717, 1.165) is 13.0 Å². The van der Waals surface area contributed by atoms with Gasteiger partial charge in [-0.2, -0.15) is 0 Å². The average Bonchev–Trinajstić information content (AvgIpc) is 2.71. The highest BCUT2D eigenvalue weighted by Gasteiger charge is 2.31. The van der Waals surface area contributed by atoms with E-state index in [0.29, 0.717) is 13.2 Å². The zero-order valence-corrected chi connectivity index (χ0v) is 8.49. The highest BCUT2D eigenvalue weighted by atomic mass is 16.5. The molecule has 1 saturated heterocycles. The lowest BCUT2D eigenvalue weighted by atomic mass is 9.99. The number of ether oxygens (including phenoxy) is 2. The molecule has 0 radical (unpaired) electrons. The van der Waals surface area contributed by atoms with Gasteiger partial charge in [-0.15, -0.1) is 6.58 Å². The Morgan fingerprint density at radius 3 is 3.14 bits per heavy atom. The van der Waals surface area contributed by atoms with Gasteiger partial charge in [0.1, 0.15) is 6.04 Å². The molecule has 2 unspecified atom stereocenters. The first-order valence-electron chi connectivity index (χ1n) is 4.79. The summed E-state index contributed by atoms with van der Waals surface area (Å²) in [5, 5.41) is 3.09. The lowest BCUT2D eigenvalue weighted by molar-refractivity contribution is -0.144. The van der Waals surface area contributed by atoms with Crippen LogP contribution in [0.2, 0.25) is 0 Å². The molecule has 1 N–H and O–H groups in total. The summed E-state index contributed by atoms with van der Waals surface area (Å²) in [5.74, 6) is 0.00440. The highest BCUT2D eigenvalue weighted by molar-refractivity contribution is 5.76. The SMILES string of the molecule is C=CCNC(C(=O)OC)C1CCOC1. The van der Waals surface area contributed by atoms with Crippen LogP contribution in [0.1, 0.15) is 6.42 Å². The van der Waals surface area contributed by atoms with Crippen LogP contribution in [0.5, 0.6) is 0 Å². The molecular formula is C10H17NO3. The smallest absolute Gasteiger partial charge is 0.323 e. The third kappa shape index (κ3) is 2.82. The quantitative estimate of drug-likeness (QED) is 0.512. The molecule has 0 aromatic carbocycles. The van der Waals surface area contributed by atoms with Gasteiger partial charge < -0.3 is 14.8 Å². The zero-order chi connectivity index (χ0) is 10.4. The van der Waals surface area contributed by atoms with Crippen LogP contribution in [0.4, 0.5) is 0 Å². The highest BCUT2D eigenvalue weighted by Crippen LogP contribution is 2.17. The number of methoxy groups -OCH3 is 1. The van der Waals surface area contributed by atoms with Crippen molar-refractivity contribution in [2.75, 3.05) is 26.9 Å². The first-order valence-corrected chi connectivity index (χ1v) is 4.79. The van der Waals surface area contributed by atoms with Crippen LogP contribution in [0.25, 0.3) is 0 Å². The lowest BCUT2D eigenvalue weighted by Crippen LogP contribution is -2.44. The zero-order valence-electron chi connectivity index (χ0n) is 8.49. The van der Waals surface area contributed by atoms with Gasteiger partial charge in [-0.3, -0.25) is 4.79 Å². The molecular weight excluding hydrogens is 182 g/mol. The Morgan fingerprint density at radius 1 is 1.86 bits per heavy atom. The molecule has 80 valence electrons. The van der Waals surface area contributed by atoms with E-state index in [1.807, 2.05) is 0 Å². The molecule has 0 aromatic rings. The minimum atomic E-state index is -0.263. The lowest BCUT2D eigenvalue weighted by Gasteiger charge is -2.20. The average molecular weight is 199 g/mol. The summed E-state index contributed by atoms with van der Waals surface area (Å²) >= 11 is 0. The number of hydrogen-bond donors (Lipinski definition) is 1. The Kier molecular flexibility index (Phi) is 4.62. The van der Waals surface area contributed by atoms with E-state index in [4.69, 9.17) is 9.47 Å². The fraction of sp³-hybridized carbons (Fsp3) is 0.700. The fourth-order valence-corrected chi connectivity index (χ4v) is 1.60. The minimum Gasteiger partial charge on any atom is -0.468 e. The van der Waals surface area contributed by atoms with E-state index in [1.54, 1.807) is 6.08 Å². The van der Waals surface area contributed by atoms with Gasteiger partial charge in [0.05, 0.1) is 13.7 Å². The topological polar surface area (TPSA) is 47.6 Å². The number of nitrogens with one attached hydrogen (secondary N) is 1. The normalized spacial score (nSPS) is 23.1. The van der Waals surface area contributed by atoms with Crippen molar-refractivity contribution in [1.82, 2.24) is 5.32 Å². The number of carbonyl (C=O) groups is 1. The molecule has 0 amide bonds. The van der Waals surface area contributed by atoms with Crippen LogP contribution in [0.3, 0.4) is 0 Å². The molecule has 1 heterocycles. The van der Waals surface area contributed by atoms with Crippen LogP contribution >= 0.6 is 0 Å². The standard InChI is InChI=1S/C10H17NO3/c1-3-5-11-9(10(12)13-2)8-4-6-14-7-8/h3,8-9,11H,1,4-7H2,2H3. The third-order valence-corrected chi connectivity index (χ3v) is 2.37. The fourth-order valence-electron chi connectivity index (χ4n) is 1.60. The summed E-state index contributed by atoms with van der Waals surface area (Å²) in [6, 6.07) is -0.263. The van der Waals surface area contributed by atoms with Crippen molar-refractivity contribution < 1.29 is 14.3 Å². The van der Waals surface area contributed by atoms with Gasteiger partial charge in [0, 0.05) is 19.1 Å². The maximum atomic E-state index is 11.4. The summed E-state index contributed by atoms with van der Waals surface area (Å²) in [6.07, 6.45) is 2.63. The molecule has 0 spiro atoms. The Hall–Kier alpha value is -0.870. The minimum absolute atomic E-state index is 0.220. The molecule has 1 aliphatic rings. The van der Waals surface area contributed by atoms with Gasteiger partial charge in [0.15, 0.2) is 0 Å². The number of hydrogen-bond acceptors (Lipinski definition) is 4. The van der Waals surface area contributed by atoms with E-state index in [9.17, 15) is 4.79 Å². The van der Waals surface area contributed by atoms with Crippen LogP contribution in [-0.2, 0) is 14.3 Å². The maximum Gasteiger partial charge on any atom is 0.323 e. The van der Waals surface area contributed by atoms with Gasteiger partial charge in [-0.25, -0.2) is 0 Å². The molecule has 4 heteroatoms. The first kappa shape index (κ1) is 11.2. The van der Waals surface area contributed by atoms with Crippen LogP contribution in [-0.4, -0.2) is 38.9 Å². The van der Waals surface area contributed by atoms with E-state index < -0.39 is 0 Å². The second-order valence-corrected chi connectivity index (χ2v) is 3.32. The molecule has 2 atom stereocenters. The maximum absolute atomic E-state index is 11.4. The molecule has 4 nitrogen and oxygen atoms in total. The molecule has 0 saturated carbocycles. The van der Waals surface area contributed by atoms with Crippen molar-refractivity contribution in [3.63, 3.8) is 0 Å². The van der Waals surface area contributed by atoms with Crippen molar-refractivity contribution in [2.45, 2.75) is 12.5 Å². The molecule has 14 heavy (non-hydrogen) atoms. The Morgan fingerprint density at radius 2 is 2.64 bits per heavy atom. The summed E-state index contributed by atoms with van der Waals surface area (Å²) in [4.78, 5) is 11.4. The van der Waals surface area contributed by atoms with Gasteiger partial charge >= 0.3 is 5.97 Å². The molecule has 0 aromatic heterocycles. The second kappa shape index (κ2) is 5.78. The number of esters is 1. The number of rotatable bonds is 5. The van der Waals surface area contributed by atoms with Crippen molar-refractivity contribution >= 4 is 5.97 Å². The van der Waals surface area contributed by atoms with Crippen molar-refractivity contribution in [3.05, 3.63) is 12.7 Å². The molecule has 1 aliphatic heterocycles. The van der Waals surface area contributed by atoms with E-state index in [1.165, 1.54) is 7.11 Å². The van der Waals surface area contributed by atoms with Crippen molar-refractivity contribution in [3.8, 4) is 0 Å². The van der Waals surface area contributed by atoms with Gasteiger partial charge in [0.25, 0.3) is 0 Å². The largest absolute Gasteiger partial charge is 0.468 e. The van der Waals surface area contributed by atoms with E-state index in [-0.39, 0.29) is 17.9 Å². The van der Waals surface area contributed by atoms with Crippen LogP contribution < -0.4 is 5.32 Å². The number of carbonyl (C=O) groups excluding carboxylic acids is 1. The monoisotopic (exact) mass is 199 g/mol. The van der Waals surface area contributed by atoms with Gasteiger partial charge in [-0.1, -0.05) is 6.08 Å². The predicted octanol–water partition coefficient (Wildman–Crippen LogP) is 0.340. The summed E-state index contributed by atoms with van der Waals surface area (Å²) in [7, 11) is 1.40. The Balaban J connectivity index is 2.50. The van der Waals surface area contributed by atoms with Crippen molar-refractivity contribution in [1.29, 1.82) is 0 Å². The Labute approximate surface area is 84.3 Å². The second-order valence-electron chi connectivity index (χ2n) is 3.32. The van der Waals surface area contributed by atoms with E-state index in [2.05, 4.69) is 11.9 Å². The van der Waals surface area contributed by atoms with Gasteiger partial charge in [0.2, 0.25) is 0 Å². The summed E-state index contributed by atoms with van der Waals surface area (Å²) in [6.45, 7) is 5.56. The Bertz CT molecular complexity index is 200. The molecule has 1 fully saturated rings.